The summed E-state index contributed by atoms with van der Waals surface area (Å²) in [4.78, 5) is 21.0. The molecule has 2 rings (SSSR count). The molecule has 0 spiro atoms. The molecule has 0 fully saturated rings. The third-order valence-corrected chi connectivity index (χ3v) is 2.72. The van der Waals surface area contributed by atoms with Gasteiger partial charge in [0.05, 0.1) is 4.92 Å². The van der Waals surface area contributed by atoms with Gasteiger partial charge >= 0.3 is 0 Å². The molecule has 17 heavy (non-hydrogen) atoms. The lowest BCUT2D eigenvalue weighted by Gasteiger charge is -2.13. The molecule has 5 nitrogen and oxygen atoms in total. The van der Waals surface area contributed by atoms with Crippen LogP contribution in [0, 0.1) is 10.1 Å². The third kappa shape index (κ3) is 2.50. The summed E-state index contributed by atoms with van der Waals surface area (Å²) in [5, 5.41) is 14.0. The predicted molar refractivity (Wildman–Crippen MR) is 64.3 cm³/mol. The van der Waals surface area contributed by atoms with Crippen LogP contribution in [0.25, 0.3) is 0 Å². The molecule has 0 saturated heterocycles. The summed E-state index contributed by atoms with van der Waals surface area (Å²) in [5.41, 5.74) is 0.725. The summed E-state index contributed by atoms with van der Waals surface area (Å²) in [7, 11) is 0. The Kier molecular flexibility index (Phi) is 3.18. The number of nitrogens with zero attached hydrogens (tertiary/aromatic N) is 1. The lowest BCUT2D eigenvalue weighted by Crippen LogP contribution is -2.16. The monoisotopic (exact) mass is 232 g/mol. The summed E-state index contributed by atoms with van der Waals surface area (Å²) in [5.74, 6) is 0. The lowest BCUT2D eigenvalue weighted by molar-refractivity contribution is -0.384. The second kappa shape index (κ2) is 4.78. The Bertz CT molecular complexity index is 475. The smallest absolute Gasteiger partial charge is 0.293 e. The molecule has 0 heterocycles. The first-order valence-corrected chi connectivity index (χ1v) is 5.36. The van der Waals surface area contributed by atoms with Crippen molar-refractivity contribution in [3.8, 4) is 0 Å². The van der Waals surface area contributed by atoms with E-state index in [2.05, 4.69) is 5.32 Å². The van der Waals surface area contributed by atoms with E-state index in [1.165, 1.54) is 6.07 Å². The number of rotatable bonds is 4. The highest BCUT2D eigenvalue weighted by Crippen LogP contribution is 2.27. The van der Waals surface area contributed by atoms with Crippen molar-refractivity contribution < 1.29 is 9.72 Å². The van der Waals surface area contributed by atoms with Gasteiger partial charge in [0.2, 0.25) is 0 Å². The molecule has 5 heteroatoms. The minimum Gasteiger partial charge on any atom is -0.376 e. The summed E-state index contributed by atoms with van der Waals surface area (Å²) >= 11 is 0. The van der Waals surface area contributed by atoms with Gasteiger partial charge in [-0.2, -0.15) is 0 Å². The van der Waals surface area contributed by atoms with Crippen molar-refractivity contribution in [2.45, 2.75) is 18.9 Å². The van der Waals surface area contributed by atoms with Crippen LogP contribution in [0.1, 0.15) is 23.2 Å². The minimum absolute atomic E-state index is 0.0542. The fourth-order valence-electron chi connectivity index (χ4n) is 1.85. The zero-order chi connectivity index (χ0) is 12.3. The Balaban J connectivity index is 2.25. The van der Waals surface area contributed by atoms with Crippen LogP contribution < -0.4 is 5.32 Å². The van der Waals surface area contributed by atoms with Gasteiger partial charge in [-0.15, -0.1) is 0 Å². The SMILES string of the molecule is O=Cc1ccc(NC2CC=CC2)c([N+](=O)[O-])c1. The van der Waals surface area contributed by atoms with Crippen LogP contribution in [0.2, 0.25) is 0 Å². The molecule has 1 aliphatic rings. The third-order valence-electron chi connectivity index (χ3n) is 2.72. The van der Waals surface area contributed by atoms with Crippen molar-refractivity contribution in [2.75, 3.05) is 5.32 Å². The Morgan fingerprint density at radius 1 is 1.35 bits per heavy atom. The van der Waals surface area contributed by atoms with Gasteiger partial charge in [0.1, 0.15) is 12.0 Å². The molecule has 1 N–H and O–H groups in total. The summed E-state index contributed by atoms with van der Waals surface area (Å²) < 4.78 is 0. The van der Waals surface area contributed by atoms with Gasteiger partial charge < -0.3 is 5.32 Å². The van der Waals surface area contributed by atoms with E-state index in [9.17, 15) is 14.9 Å². The van der Waals surface area contributed by atoms with Crippen LogP contribution in [0.3, 0.4) is 0 Å². The van der Waals surface area contributed by atoms with Crippen LogP contribution in [-0.2, 0) is 0 Å². The number of benzene rings is 1. The summed E-state index contributed by atoms with van der Waals surface area (Å²) in [6.45, 7) is 0. The second-order valence-electron chi connectivity index (χ2n) is 3.94. The molecule has 0 unspecified atom stereocenters. The lowest BCUT2D eigenvalue weighted by atomic mass is 10.1. The maximum atomic E-state index is 10.9. The van der Waals surface area contributed by atoms with Crippen molar-refractivity contribution in [3.05, 3.63) is 46.0 Å². The number of carbonyl (C=O) groups is 1. The van der Waals surface area contributed by atoms with Gasteiger partial charge in [-0.25, -0.2) is 0 Å². The second-order valence-corrected chi connectivity index (χ2v) is 3.94. The molecule has 0 bridgehead atoms. The molecule has 0 amide bonds. The van der Waals surface area contributed by atoms with Crippen molar-refractivity contribution in [1.29, 1.82) is 0 Å². The molecule has 0 radical (unpaired) electrons. The topological polar surface area (TPSA) is 72.2 Å². The number of nitrogens with one attached hydrogen (secondary N) is 1. The van der Waals surface area contributed by atoms with Crippen molar-refractivity contribution in [2.24, 2.45) is 0 Å². The number of hydrogen-bond acceptors (Lipinski definition) is 4. The Labute approximate surface area is 98.3 Å². The highest BCUT2D eigenvalue weighted by molar-refractivity contribution is 5.79. The van der Waals surface area contributed by atoms with Crippen LogP contribution in [0.15, 0.2) is 30.4 Å². The normalized spacial score (nSPS) is 14.8. The van der Waals surface area contributed by atoms with E-state index in [-0.39, 0.29) is 11.7 Å². The Morgan fingerprint density at radius 2 is 2.06 bits per heavy atom. The van der Waals surface area contributed by atoms with Gasteiger partial charge in [-0.3, -0.25) is 14.9 Å². The predicted octanol–water partition coefficient (Wildman–Crippen LogP) is 2.54. The fraction of sp³-hybridized carbons (Fsp3) is 0.250. The van der Waals surface area contributed by atoms with Crippen molar-refractivity contribution in [3.63, 3.8) is 0 Å². The van der Waals surface area contributed by atoms with E-state index in [1.54, 1.807) is 12.1 Å². The summed E-state index contributed by atoms with van der Waals surface area (Å²) in [6.07, 6.45) is 6.43. The number of nitro groups is 1. The molecule has 0 saturated carbocycles. The van der Waals surface area contributed by atoms with Crippen molar-refractivity contribution >= 4 is 17.7 Å². The number of aldehydes is 1. The van der Waals surface area contributed by atoms with E-state index in [0.29, 0.717) is 17.5 Å². The highest BCUT2D eigenvalue weighted by Gasteiger charge is 2.18. The maximum absolute atomic E-state index is 10.9. The Morgan fingerprint density at radius 3 is 2.65 bits per heavy atom. The van der Waals surface area contributed by atoms with Gasteiger partial charge in [-0.1, -0.05) is 12.2 Å². The molecule has 0 aromatic heterocycles. The first-order chi connectivity index (χ1) is 8.20. The van der Waals surface area contributed by atoms with Crippen LogP contribution in [-0.4, -0.2) is 17.3 Å². The molecular weight excluding hydrogens is 220 g/mol. The van der Waals surface area contributed by atoms with E-state index in [4.69, 9.17) is 0 Å². The zero-order valence-corrected chi connectivity index (χ0v) is 9.13. The molecular formula is C12H12N2O3. The number of anilines is 1. The molecule has 0 aliphatic heterocycles. The highest BCUT2D eigenvalue weighted by atomic mass is 16.6. The van der Waals surface area contributed by atoms with Crippen LogP contribution in [0.4, 0.5) is 11.4 Å². The molecule has 1 aromatic carbocycles. The average molecular weight is 232 g/mol. The summed E-state index contributed by atoms with van der Waals surface area (Å²) in [6, 6.07) is 4.65. The van der Waals surface area contributed by atoms with Crippen LogP contribution >= 0.6 is 0 Å². The first-order valence-electron chi connectivity index (χ1n) is 5.36. The largest absolute Gasteiger partial charge is 0.376 e. The van der Waals surface area contributed by atoms with Gasteiger partial charge in [0.25, 0.3) is 5.69 Å². The first kappa shape index (κ1) is 11.3. The van der Waals surface area contributed by atoms with Gasteiger partial charge in [0, 0.05) is 17.7 Å². The molecule has 1 aromatic rings. The number of carbonyl (C=O) groups excluding carboxylic acids is 1. The molecule has 0 atom stereocenters. The zero-order valence-electron chi connectivity index (χ0n) is 9.13. The fourth-order valence-corrected chi connectivity index (χ4v) is 1.85. The van der Waals surface area contributed by atoms with Gasteiger partial charge in [0.15, 0.2) is 0 Å². The average Bonchev–Trinajstić information content (AvgIpc) is 2.82. The van der Waals surface area contributed by atoms with E-state index < -0.39 is 4.92 Å². The minimum atomic E-state index is -0.474. The quantitative estimate of drug-likeness (QED) is 0.374. The standard InChI is InChI=1S/C12H12N2O3/c15-8-9-5-6-11(12(7-9)14(16)17)13-10-3-1-2-4-10/h1-2,5-8,10,13H,3-4H2. The Hall–Kier alpha value is -2.17. The van der Waals surface area contributed by atoms with E-state index in [1.807, 2.05) is 12.2 Å². The molecule has 1 aliphatic carbocycles. The van der Waals surface area contributed by atoms with Crippen LogP contribution in [0.5, 0.6) is 0 Å². The number of hydrogen-bond donors (Lipinski definition) is 1. The number of nitro benzene ring substituents is 1. The van der Waals surface area contributed by atoms with E-state index in [0.717, 1.165) is 12.8 Å². The van der Waals surface area contributed by atoms with E-state index >= 15 is 0 Å². The maximum Gasteiger partial charge on any atom is 0.293 e. The molecule has 88 valence electrons. The van der Waals surface area contributed by atoms with Crippen molar-refractivity contribution in [1.82, 2.24) is 0 Å². The van der Waals surface area contributed by atoms with Gasteiger partial charge in [-0.05, 0) is 25.0 Å².